The second-order valence-electron chi connectivity index (χ2n) is 6.50. The third kappa shape index (κ3) is 10.0. The van der Waals surface area contributed by atoms with Crippen molar-refractivity contribution >= 4 is 36.4 Å². The molecule has 1 heterocycles. The normalized spacial score (nSPS) is 13.8. The topological polar surface area (TPSA) is 58.4 Å². The van der Waals surface area contributed by atoms with Crippen LogP contribution in [0.4, 0.5) is 5.69 Å². The number of amides is 1. The molecule has 4 nitrogen and oxygen atoms in total. The fourth-order valence-electron chi connectivity index (χ4n) is 3.06. The lowest BCUT2D eigenvalue weighted by atomic mass is 10.1. The first kappa shape index (κ1) is 24.2. The van der Waals surface area contributed by atoms with E-state index in [9.17, 15) is 4.79 Å². The number of rotatable bonds is 10. The van der Waals surface area contributed by atoms with Crippen LogP contribution in [0, 0.1) is 0 Å². The maximum Gasteiger partial charge on any atom is 0.224 e. The van der Waals surface area contributed by atoms with Crippen LogP contribution in [-0.2, 0) is 11.2 Å². The van der Waals surface area contributed by atoms with Crippen molar-refractivity contribution < 1.29 is 4.79 Å². The molecule has 1 aromatic rings. The van der Waals surface area contributed by atoms with E-state index in [1.807, 2.05) is 12.1 Å². The highest BCUT2D eigenvalue weighted by atomic mass is 35.5. The van der Waals surface area contributed by atoms with Gasteiger partial charge in [0, 0.05) is 18.7 Å². The van der Waals surface area contributed by atoms with Gasteiger partial charge in [0.25, 0.3) is 0 Å². The summed E-state index contributed by atoms with van der Waals surface area (Å²) in [5.74, 6) is 0.113. The van der Waals surface area contributed by atoms with Gasteiger partial charge >= 0.3 is 0 Å². The number of hydrogen-bond acceptors (Lipinski definition) is 3. The van der Waals surface area contributed by atoms with E-state index < -0.39 is 0 Å². The number of benzene rings is 1. The van der Waals surface area contributed by atoms with Crippen molar-refractivity contribution in [3.05, 3.63) is 29.8 Å². The second kappa shape index (κ2) is 14.4. The van der Waals surface area contributed by atoms with Crippen molar-refractivity contribution in [1.29, 1.82) is 0 Å². The van der Waals surface area contributed by atoms with Gasteiger partial charge < -0.3 is 16.0 Å². The smallest absolute Gasteiger partial charge is 0.224 e. The summed E-state index contributed by atoms with van der Waals surface area (Å²) < 4.78 is 0. The van der Waals surface area contributed by atoms with E-state index in [4.69, 9.17) is 5.73 Å². The Labute approximate surface area is 164 Å². The number of nitrogens with one attached hydrogen (secondary N) is 1. The number of carbonyl (C=O) groups excluding carboxylic acids is 1. The van der Waals surface area contributed by atoms with E-state index in [2.05, 4.69) is 22.3 Å². The van der Waals surface area contributed by atoms with Crippen molar-refractivity contribution in [3.8, 4) is 0 Å². The number of carbonyl (C=O) groups is 1. The fourth-order valence-corrected chi connectivity index (χ4v) is 3.06. The number of likely N-dealkylation sites (tertiary alicyclic amines) is 1. The Morgan fingerprint density at radius 2 is 1.64 bits per heavy atom. The molecule has 1 saturated heterocycles. The lowest BCUT2D eigenvalue weighted by Gasteiger charge is -2.14. The molecule has 0 saturated carbocycles. The molecule has 0 bridgehead atoms. The van der Waals surface area contributed by atoms with Crippen molar-refractivity contribution in [2.45, 2.75) is 51.4 Å². The predicted molar refractivity (Wildman–Crippen MR) is 111 cm³/mol. The Bertz CT molecular complexity index is 462. The molecular weight excluding hydrogens is 357 g/mol. The van der Waals surface area contributed by atoms with Crippen LogP contribution < -0.4 is 11.1 Å². The molecular formula is C19H33Cl2N3O. The Morgan fingerprint density at radius 1 is 1.00 bits per heavy atom. The maximum atomic E-state index is 11.9. The SMILES string of the molecule is Cl.Cl.NCCCCCCC(=O)Nc1ccc(CCN2CCCC2)cc1. The Hall–Kier alpha value is -0.810. The highest BCUT2D eigenvalue weighted by molar-refractivity contribution is 5.90. The van der Waals surface area contributed by atoms with E-state index in [-0.39, 0.29) is 30.7 Å². The molecule has 0 atom stereocenters. The van der Waals surface area contributed by atoms with E-state index in [1.54, 1.807) is 0 Å². The first-order chi connectivity index (χ1) is 11.3. The van der Waals surface area contributed by atoms with Crippen LogP contribution in [-0.4, -0.2) is 37.0 Å². The largest absolute Gasteiger partial charge is 0.330 e. The molecule has 3 N–H and O–H groups in total. The van der Waals surface area contributed by atoms with Crippen molar-refractivity contribution in [2.75, 3.05) is 31.5 Å². The molecule has 1 aromatic carbocycles. The highest BCUT2D eigenvalue weighted by Gasteiger charge is 2.10. The quantitative estimate of drug-likeness (QED) is 0.594. The standard InChI is InChI=1S/C19H31N3O.2ClH/c20-13-4-2-1-3-7-19(23)21-18-10-8-17(9-11-18)12-16-22-14-5-6-15-22;;/h8-11H,1-7,12-16,20H2,(H,21,23);2*1H. The molecule has 0 aromatic heterocycles. The zero-order valence-corrected chi connectivity index (χ0v) is 16.7. The number of nitrogens with zero attached hydrogens (tertiary/aromatic N) is 1. The van der Waals surface area contributed by atoms with Gasteiger partial charge in [-0.2, -0.15) is 0 Å². The molecule has 2 rings (SSSR count). The maximum absolute atomic E-state index is 11.9. The molecule has 1 aliphatic heterocycles. The summed E-state index contributed by atoms with van der Waals surface area (Å²) in [5.41, 5.74) is 7.71. The summed E-state index contributed by atoms with van der Waals surface area (Å²) in [5, 5.41) is 2.98. The molecule has 6 heteroatoms. The summed E-state index contributed by atoms with van der Waals surface area (Å²) in [7, 11) is 0. The zero-order chi connectivity index (χ0) is 16.3. The lowest BCUT2D eigenvalue weighted by molar-refractivity contribution is -0.116. The van der Waals surface area contributed by atoms with Crippen LogP contribution in [0.5, 0.6) is 0 Å². The number of halogens is 2. The molecule has 1 amide bonds. The Kier molecular flexibility index (Phi) is 13.9. The molecule has 0 spiro atoms. The summed E-state index contributed by atoms with van der Waals surface area (Å²) >= 11 is 0. The van der Waals surface area contributed by atoms with Gasteiger partial charge in [-0.25, -0.2) is 0 Å². The first-order valence-electron chi connectivity index (χ1n) is 9.09. The van der Waals surface area contributed by atoms with Crippen molar-refractivity contribution in [2.24, 2.45) is 5.73 Å². The molecule has 1 aliphatic rings. The number of hydrogen-bond donors (Lipinski definition) is 2. The summed E-state index contributed by atoms with van der Waals surface area (Å²) in [6.45, 7) is 4.39. The molecule has 0 aliphatic carbocycles. The fraction of sp³-hybridized carbons (Fsp3) is 0.632. The molecule has 0 unspecified atom stereocenters. The van der Waals surface area contributed by atoms with Crippen molar-refractivity contribution in [3.63, 3.8) is 0 Å². The Morgan fingerprint density at radius 3 is 2.28 bits per heavy atom. The third-order valence-corrected chi connectivity index (χ3v) is 4.51. The average Bonchev–Trinajstić information content (AvgIpc) is 3.07. The molecule has 0 radical (unpaired) electrons. The van der Waals surface area contributed by atoms with Crippen LogP contribution in [0.1, 0.15) is 50.5 Å². The predicted octanol–water partition coefficient (Wildman–Crippen LogP) is 4.02. The van der Waals surface area contributed by atoms with Gasteiger partial charge in [-0.1, -0.05) is 25.0 Å². The van der Waals surface area contributed by atoms with Crippen LogP contribution in [0.2, 0.25) is 0 Å². The van der Waals surface area contributed by atoms with Gasteiger partial charge in [-0.05, 0) is 69.4 Å². The molecule has 1 fully saturated rings. The minimum atomic E-state index is 0. The second-order valence-corrected chi connectivity index (χ2v) is 6.50. The zero-order valence-electron chi connectivity index (χ0n) is 15.0. The molecule has 144 valence electrons. The minimum absolute atomic E-state index is 0. The summed E-state index contributed by atoms with van der Waals surface area (Å²) in [4.78, 5) is 14.4. The first-order valence-corrected chi connectivity index (χ1v) is 9.09. The highest BCUT2D eigenvalue weighted by Crippen LogP contribution is 2.13. The Balaban J connectivity index is 0.00000288. The summed E-state index contributed by atoms with van der Waals surface area (Å²) in [6, 6.07) is 8.30. The lowest BCUT2D eigenvalue weighted by Crippen LogP contribution is -2.21. The monoisotopic (exact) mass is 389 g/mol. The average molecular weight is 390 g/mol. The van der Waals surface area contributed by atoms with Gasteiger partial charge in [-0.15, -0.1) is 24.8 Å². The van der Waals surface area contributed by atoms with E-state index in [0.29, 0.717) is 6.42 Å². The van der Waals surface area contributed by atoms with Gasteiger partial charge in [0.1, 0.15) is 0 Å². The van der Waals surface area contributed by atoms with Crippen LogP contribution in [0.15, 0.2) is 24.3 Å². The number of nitrogens with two attached hydrogens (primary N) is 1. The van der Waals surface area contributed by atoms with Gasteiger partial charge in [0.2, 0.25) is 5.91 Å². The van der Waals surface area contributed by atoms with Gasteiger partial charge in [-0.3, -0.25) is 4.79 Å². The van der Waals surface area contributed by atoms with Gasteiger partial charge in [0.05, 0.1) is 0 Å². The minimum Gasteiger partial charge on any atom is -0.330 e. The number of anilines is 1. The summed E-state index contributed by atoms with van der Waals surface area (Å²) in [6.07, 6.45) is 8.58. The number of unbranched alkanes of at least 4 members (excludes halogenated alkanes) is 3. The van der Waals surface area contributed by atoms with Crippen LogP contribution in [0.3, 0.4) is 0 Å². The molecule has 25 heavy (non-hydrogen) atoms. The van der Waals surface area contributed by atoms with Crippen LogP contribution in [0.25, 0.3) is 0 Å². The van der Waals surface area contributed by atoms with Crippen LogP contribution >= 0.6 is 24.8 Å². The van der Waals surface area contributed by atoms with E-state index >= 15 is 0 Å². The van der Waals surface area contributed by atoms with Crippen molar-refractivity contribution in [1.82, 2.24) is 4.90 Å². The van der Waals surface area contributed by atoms with Gasteiger partial charge in [0.15, 0.2) is 0 Å². The van der Waals surface area contributed by atoms with E-state index in [1.165, 1.54) is 31.5 Å². The third-order valence-electron chi connectivity index (χ3n) is 4.51. The van der Waals surface area contributed by atoms with E-state index in [0.717, 1.165) is 50.9 Å².